The van der Waals surface area contributed by atoms with E-state index in [-0.39, 0.29) is 0 Å². The van der Waals surface area contributed by atoms with Crippen LogP contribution in [0.2, 0.25) is 0 Å². The molecule has 0 radical (unpaired) electrons. The Bertz CT molecular complexity index is 552. The zero-order valence-corrected chi connectivity index (χ0v) is 12.1. The lowest BCUT2D eigenvalue weighted by Gasteiger charge is -2.30. The highest BCUT2D eigenvalue weighted by Crippen LogP contribution is 2.30. The standard InChI is InChI=1S/C11H10Br2N4/c12-9-5-15-11(13)3-10(9)16-1-2-17-7-14-4-8(17)6-16/h3-5,7H,1-2,6H2. The summed E-state index contributed by atoms with van der Waals surface area (Å²) in [6, 6.07) is 2.04. The minimum Gasteiger partial charge on any atom is -0.363 e. The second-order valence-electron chi connectivity index (χ2n) is 3.96. The van der Waals surface area contributed by atoms with Crippen LogP contribution >= 0.6 is 31.9 Å². The lowest BCUT2D eigenvalue weighted by atomic mass is 10.2. The monoisotopic (exact) mass is 356 g/mol. The summed E-state index contributed by atoms with van der Waals surface area (Å²) in [6.07, 6.45) is 5.64. The second kappa shape index (κ2) is 4.42. The Balaban J connectivity index is 1.94. The Morgan fingerprint density at radius 1 is 1.18 bits per heavy atom. The predicted octanol–water partition coefficient (Wildman–Crippen LogP) is 2.82. The Labute approximate surface area is 116 Å². The molecule has 0 aromatic carbocycles. The van der Waals surface area contributed by atoms with Crippen LogP contribution < -0.4 is 4.90 Å². The van der Waals surface area contributed by atoms with Crippen molar-refractivity contribution in [2.24, 2.45) is 0 Å². The normalized spacial score (nSPS) is 14.8. The summed E-state index contributed by atoms with van der Waals surface area (Å²) in [5, 5.41) is 0. The number of hydrogen-bond acceptors (Lipinski definition) is 3. The van der Waals surface area contributed by atoms with Gasteiger partial charge in [0, 0.05) is 25.5 Å². The number of fused-ring (bicyclic) bond motifs is 1. The molecule has 0 aliphatic carbocycles. The van der Waals surface area contributed by atoms with Crippen LogP contribution in [0.3, 0.4) is 0 Å². The van der Waals surface area contributed by atoms with E-state index in [4.69, 9.17) is 0 Å². The third-order valence-electron chi connectivity index (χ3n) is 2.90. The zero-order chi connectivity index (χ0) is 11.8. The number of hydrogen-bond donors (Lipinski definition) is 0. The zero-order valence-electron chi connectivity index (χ0n) is 8.98. The van der Waals surface area contributed by atoms with Crippen LogP contribution in [0.1, 0.15) is 5.69 Å². The fraction of sp³-hybridized carbons (Fsp3) is 0.273. The number of halogens is 2. The van der Waals surface area contributed by atoms with Gasteiger partial charge in [-0.25, -0.2) is 9.97 Å². The van der Waals surface area contributed by atoms with Crippen molar-refractivity contribution in [2.45, 2.75) is 13.1 Å². The molecule has 17 heavy (non-hydrogen) atoms. The van der Waals surface area contributed by atoms with Crippen molar-refractivity contribution in [1.82, 2.24) is 14.5 Å². The van der Waals surface area contributed by atoms with Crippen LogP contribution in [0.4, 0.5) is 5.69 Å². The molecule has 2 aromatic heterocycles. The molecule has 0 unspecified atom stereocenters. The molecule has 0 saturated heterocycles. The molecule has 0 saturated carbocycles. The van der Waals surface area contributed by atoms with Crippen molar-refractivity contribution in [2.75, 3.05) is 11.4 Å². The minimum absolute atomic E-state index is 0.856. The lowest BCUT2D eigenvalue weighted by molar-refractivity contribution is 0.570. The number of aromatic nitrogens is 3. The van der Waals surface area contributed by atoms with Gasteiger partial charge in [-0.15, -0.1) is 0 Å². The van der Waals surface area contributed by atoms with Gasteiger partial charge >= 0.3 is 0 Å². The molecule has 0 atom stereocenters. The first-order valence-electron chi connectivity index (χ1n) is 5.29. The van der Waals surface area contributed by atoms with E-state index >= 15 is 0 Å². The Morgan fingerprint density at radius 2 is 2.06 bits per heavy atom. The molecule has 3 rings (SSSR count). The Morgan fingerprint density at radius 3 is 2.94 bits per heavy atom. The van der Waals surface area contributed by atoms with Crippen molar-refractivity contribution < 1.29 is 0 Å². The van der Waals surface area contributed by atoms with Crippen molar-refractivity contribution in [3.8, 4) is 0 Å². The number of anilines is 1. The van der Waals surface area contributed by atoms with Gasteiger partial charge in [0.1, 0.15) is 4.60 Å². The summed E-state index contributed by atoms with van der Waals surface area (Å²) in [6.45, 7) is 2.84. The molecule has 0 bridgehead atoms. The van der Waals surface area contributed by atoms with E-state index in [1.54, 1.807) is 0 Å². The molecule has 0 fully saturated rings. The maximum Gasteiger partial charge on any atom is 0.108 e. The van der Waals surface area contributed by atoms with E-state index in [2.05, 4.69) is 51.3 Å². The molecule has 0 N–H and O–H groups in total. The average Bonchev–Trinajstić information content (AvgIpc) is 2.79. The Kier molecular flexibility index (Phi) is 2.92. The quantitative estimate of drug-likeness (QED) is 0.736. The van der Waals surface area contributed by atoms with Crippen LogP contribution in [0.25, 0.3) is 0 Å². The molecule has 3 heterocycles. The van der Waals surface area contributed by atoms with E-state index in [9.17, 15) is 0 Å². The largest absolute Gasteiger partial charge is 0.363 e. The van der Waals surface area contributed by atoms with E-state index < -0.39 is 0 Å². The van der Waals surface area contributed by atoms with Crippen LogP contribution in [-0.2, 0) is 13.1 Å². The number of nitrogens with zero attached hydrogens (tertiary/aromatic N) is 4. The number of pyridine rings is 1. The fourth-order valence-corrected chi connectivity index (χ4v) is 2.82. The van der Waals surface area contributed by atoms with E-state index in [1.807, 2.05) is 24.8 Å². The van der Waals surface area contributed by atoms with Crippen LogP contribution in [0.15, 0.2) is 33.9 Å². The molecular formula is C11H10Br2N4. The van der Waals surface area contributed by atoms with Gasteiger partial charge in [-0.2, -0.15) is 0 Å². The first-order valence-corrected chi connectivity index (χ1v) is 6.87. The summed E-state index contributed by atoms with van der Waals surface area (Å²) < 4.78 is 4.07. The topological polar surface area (TPSA) is 34.0 Å². The molecule has 1 aliphatic heterocycles. The van der Waals surface area contributed by atoms with Gasteiger partial charge in [-0.1, -0.05) is 0 Å². The van der Waals surface area contributed by atoms with Gasteiger partial charge in [-0.3, -0.25) is 0 Å². The summed E-state index contributed by atoms with van der Waals surface area (Å²) in [5.74, 6) is 0. The number of imidazole rings is 1. The summed E-state index contributed by atoms with van der Waals surface area (Å²) in [5.41, 5.74) is 2.41. The highest BCUT2D eigenvalue weighted by Gasteiger charge is 2.18. The van der Waals surface area contributed by atoms with Crippen LogP contribution in [-0.4, -0.2) is 21.1 Å². The van der Waals surface area contributed by atoms with E-state index in [1.165, 1.54) is 11.4 Å². The van der Waals surface area contributed by atoms with Gasteiger partial charge in [-0.05, 0) is 37.9 Å². The van der Waals surface area contributed by atoms with E-state index in [0.29, 0.717) is 0 Å². The van der Waals surface area contributed by atoms with Crippen LogP contribution in [0, 0.1) is 0 Å². The highest BCUT2D eigenvalue weighted by atomic mass is 79.9. The van der Waals surface area contributed by atoms with Gasteiger partial charge in [0.15, 0.2) is 0 Å². The Hall–Kier alpha value is -0.880. The molecule has 0 spiro atoms. The van der Waals surface area contributed by atoms with Gasteiger partial charge in [0.25, 0.3) is 0 Å². The third kappa shape index (κ3) is 2.11. The van der Waals surface area contributed by atoms with Gasteiger partial charge in [0.05, 0.1) is 28.7 Å². The van der Waals surface area contributed by atoms with E-state index in [0.717, 1.165) is 28.7 Å². The van der Waals surface area contributed by atoms with Crippen molar-refractivity contribution in [3.63, 3.8) is 0 Å². The summed E-state index contributed by atoms with van der Waals surface area (Å²) in [7, 11) is 0. The van der Waals surface area contributed by atoms with Crippen LogP contribution in [0.5, 0.6) is 0 Å². The van der Waals surface area contributed by atoms with Crippen molar-refractivity contribution in [3.05, 3.63) is 39.6 Å². The molecule has 6 heteroatoms. The maximum atomic E-state index is 4.19. The summed E-state index contributed by atoms with van der Waals surface area (Å²) >= 11 is 6.96. The number of rotatable bonds is 1. The minimum atomic E-state index is 0.856. The lowest BCUT2D eigenvalue weighted by Crippen LogP contribution is -2.33. The maximum absolute atomic E-state index is 4.19. The van der Waals surface area contributed by atoms with Crippen molar-refractivity contribution >= 4 is 37.5 Å². The fourth-order valence-electron chi connectivity index (χ4n) is 2.04. The second-order valence-corrected chi connectivity index (χ2v) is 5.63. The smallest absolute Gasteiger partial charge is 0.108 e. The molecule has 1 aliphatic rings. The predicted molar refractivity (Wildman–Crippen MR) is 72.9 cm³/mol. The SMILES string of the molecule is Brc1cc(N2CCn3cncc3C2)c(Br)cn1. The van der Waals surface area contributed by atoms with Gasteiger partial charge < -0.3 is 9.47 Å². The van der Waals surface area contributed by atoms with Crippen molar-refractivity contribution in [1.29, 1.82) is 0 Å². The average molecular weight is 358 g/mol. The first-order chi connectivity index (χ1) is 8.24. The molecule has 4 nitrogen and oxygen atoms in total. The van der Waals surface area contributed by atoms with Gasteiger partial charge in [0.2, 0.25) is 0 Å². The molecular weight excluding hydrogens is 348 g/mol. The first kappa shape index (κ1) is 11.2. The highest BCUT2D eigenvalue weighted by molar-refractivity contribution is 9.11. The molecule has 2 aromatic rings. The molecule has 88 valence electrons. The third-order valence-corrected chi connectivity index (χ3v) is 3.95. The molecule has 0 amide bonds. The summed E-state index contributed by atoms with van der Waals surface area (Å²) in [4.78, 5) is 10.7.